The van der Waals surface area contributed by atoms with Crippen LogP contribution in [-0.4, -0.2) is 35.2 Å². The third-order valence-corrected chi connectivity index (χ3v) is 4.67. The Labute approximate surface area is 128 Å². The molecule has 2 N–H and O–H groups in total. The van der Waals surface area contributed by atoms with Gasteiger partial charge in [-0.1, -0.05) is 11.8 Å². The van der Waals surface area contributed by atoms with Gasteiger partial charge in [0, 0.05) is 16.9 Å². The second-order valence-electron chi connectivity index (χ2n) is 5.00. The topological polar surface area (TPSA) is 49.3 Å². The van der Waals surface area contributed by atoms with Crippen molar-refractivity contribution in [3.63, 3.8) is 0 Å². The molecule has 1 aromatic rings. The maximum absolute atomic E-state index is 13.8. The zero-order valence-corrected chi connectivity index (χ0v) is 12.7. The number of nitrogens with one attached hydrogen (secondary N) is 1. The fourth-order valence-electron chi connectivity index (χ4n) is 2.47. The van der Waals surface area contributed by atoms with Crippen molar-refractivity contribution in [1.29, 1.82) is 0 Å². The molecule has 1 saturated carbocycles. The van der Waals surface area contributed by atoms with Crippen LogP contribution in [0, 0.1) is 17.7 Å². The number of carbonyl (C=O) groups excluding carboxylic acids is 1. The Kier molecular flexibility index (Phi) is 5.66. The van der Waals surface area contributed by atoms with Gasteiger partial charge in [-0.25, -0.2) is 4.39 Å². The van der Waals surface area contributed by atoms with Gasteiger partial charge in [0.2, 0.25) is 0 Å². The van der Waals surface area contributed by atoms with Crippen molar-refractivity contribution in [3.05, 3.63) is 35.1 Å². The van der Waals surface area contributed by atoms with E-state index in [0.29, 0.717) is 10.8 Å². The highest BCUT2D eigenvalue weighted by Gasteiger charge is 2.26. The predicted molar refractivity (Wildman–Crippen MR) is 82.8 cm³/mol. The van der Waals surface area contributed by atoms with E-state index >= 15 is 0 Å². The summed E-state index contributed by atoms with van der Waals surface area (Å²) in [5.74, 6) is 4.21. The van der Waals surface area contributed by atoms with Gasteiger partial charge in [0.15, 0.2) is 0 Å². The first-order valence-corrected chi connectivity index (χ1v) is 8.15. The lowest BCUT2D eigenvalue weighted by molar-refractivity contribution is 0.0934. The molecule has 0 aliphatic heterocycles. The van der Waals surface area contributed by atoms with Gasteiger partial charge in [-0.15, -0.1) is 0 Å². The molecule has 1 amide bonds. The van der Waals surface area contributed by atoms with Crippen molar-refractivity contribution < 1.29 is 14.3 Å². The molecule has 0 spiro atoms. The van der Waals surface area contributed by atoms with E-state index in [9.17, 15) is 9.18 Å². The molecule has 2 atom stereocenters. The number of hydrogen-bond acceptors (Lipinski definition) is 3. The molecule has 0 heterocycles. The van der Waals surface area contributed by atoms with Crippen LogP contribution in [0.4, 0.5) is 4.39 Å². The smallest absolute Gasteiger partial charge is 0.254 e. The van der Waals surface area contributed by atoms with Crippen molar-refractivity contribution in [3.8, 4) is 11.8 Å². The first-order valence-electron chi connectivity index (χ1n) is 6.87. The van der Waals surface area contributed by atoms with Crippen LogP contribution in [0.25, 0.3) is 0 Å². The molecule has 2 unspecified atom stereocenters. The van der Waals surface area contributed by atoms with Crippen LogP contribution in [0.15, 0.2) is 18.2 Å². The Morgan fingerprint density at radius 1 is 1.52 bits per heavy atom. The van der Waals surface area contributed by atoms with Gasteiger partial charge in [0.05, 0.1) is 5.56 Å². The predicted octanol–water partition coefficient (Wildman–Crippen LogP) is 2.18. The number of aliphatic hydroxyl groups excluding tert-OH is 1. The summed E-state index contributed by atoms with van der Waals surface area (Å²) in [6.07, 6.45) is 5.01. The minimum Gasteiger partial charge on any atom is -0.384 e. The zero-order valence-electron chi connectivity index (χ0n) is 11.9. The molecule has 1 fully saturated rings. The molecule has 5 heteroatoms. The molecule has 21 heavy (non-hydrogen) atoms. The molecule has 3 nitrogen and oxygen atoms in total. The van der Waals surface area contributed by atoms with Gasteiger partial charge >= 0.3 is 0 Å². The number of thioether (sulfide) groups is 1. The number of halogens is 1. The van der Waals surface area contributed by atoms with E-state index in [1.165, 1.54) is 18.2 Å². The van der Waals surface area contributed by atoms with E-state index in [-0.39, 0.29) is 18.2 Å². The summed E-state index contributed by atoms with van der Waals surface area (Å²) in [4.78, 5) is 12.2. The number of aliphatic hydroxyl groups is 1. The van der Waals surface area contributed by atoms with Gasteiger partial charge < -0.3 is 10.4 Å². The zero-order chi connectivity index (χ0) is 15.2. The quantitative estimate of drug-likeness (QED) is 0.842. The summed E-state index contributed by atoms with van der Waals surface area (Å²) in [5.41, 5.74) is 0.524. The van der Waals surface area contributed by atoms with E-state index in [1.807, 2.05) is 0 Å². The minimum absolute atomic E-state index is 0.00680. The Hall–Kier alpha value is -1.51. The van der Waals surface area contributed by atoms with Gasteiger partial charge in [0.25, 0.3) is 5.91 Å². The maximum atomic E-state index is 13.8. The molecular formula is C16H18FNO2S. The SMILES string of the molecule is CSC1CCC(NC(=O)c2cc(C#CCO)ccc2F)C1. The van der Waals surface area contributed by atoms with Crippen LogP contribution < -0.4 is 5.32 Å². The molecule has 0 bridgehead atoms. The Balaban J connectivity index is 2.08. The first kappa shape index (κ1) is 15.9. The molecule has 0 aromatic heterocycles. The third-order valence-electron chi connectivity index (χ3n) is 3.58. The fraction of sp³-hybridized carbons (Fsp3) is 0.438. The first-order chi connectivity index (χ1) is 10.1. The van der Waals surface area contributed by atoms with Crippen LogP contribution >= 0.6 is 11.8 Å². The maximum Gasteiger partial charge on any atom is 0.254 e. The van der Waals surface area contributed by atoms with Gasteiger partial charge in [-0.05, 0) is 43.7 Å². The average molecular weight is 307 g/mol. The monoisotopic (exact) mass is 307 g/mol. The summed E-state index contributed by atoms with van der Waals surface area (Å²) in [6.45, 7) is -0.267. The van der Waals surface area contributed by atoms with Crippen molar-refractivity contribution in [1.82, 2.24) is 5.32 Å². The van der Waals surface area contributed by atoms with Crippen LogP contribution in [0.5, 0.6) is 0 Å². The molecule has 1 aliphatic rings. The van der Waals surface area contributed by atoms with Crippen molar-refractivity contribution in [2.24, 2.45) is 0 Å². The summed E-state index contributed by atoms with van der Waals surface area (Å²) >= 11 is 1.81. The number of hydrogen-bond donors (Lipinski definition) is 2. The van der Waals surface area contributed by atoms with E-state index in [2.05, 4.69) is 23.4 Å². The average Bonchev–Trinajstić information content (AvgIpc) is 2.94. The molecule has 1 aliphatic carbocycles. The van der Waals surface area contributed by atoms with E-state index in [1.54, 1.807) is 11.8 Å². The standard InChI is InChI=1S/C16H18FNO2S/c1-21-13-6-5-12(10-13)18-16(20)14-9-11(3-2-8-19)4-7-15(14)17/h4,7,9,12-13,19H,5-6,8,10H2,1H3,(H,18,20). The number of amides is 1. The lowest BCUT2D eigenvalue weighted by atomic mass is 10.1. The van der Waals surface area contributed by atoms with E-state index in [0.717, 1.165) is 19.3 Å². The summed E-state index contributed by atoms with van der Waals surface area (Å²) in [5, 5.41) is 12.1. The van der Waals surface area contributed by atoms with Crippen LogP contribution in [0.3, 0.4) is 0 Å². The third kappa shape index (κ3) is 4.23. The van der Waals surface area contributed by atoms with Gasteiger partial charge in [0.1, 0.15) is 12.4 Å². The van der Waals surface area contributed by atoms with Crippen LogP contribution in [0.2, 0.25) is 0 Å². The molecule has 112 valence electrons. The van der Waals surface area contributed by atoms with E-state index in [4.69, 9.17) is 5.11 Å². The number of carbonyl (C=O) groups is 1. The Morgan fingerprint density at radius 2 is 2.33 bits per heavy atom. The molecule has 0 radical (unpaired) electrons. The van der Waals surface area contributed by atoms with Crippen LogP contribution in [-0.2, 0) is 0 Å². The highest BCUT2D eigenvalue weighted by molar-refractivity contribution is 7.99. The van der Waals surface area contributed by atoms with Gasteiger partial charge in [-0.2, -0.15) is 11.8 Å². The summed E-state index contributed by atoms with van der Waals surface area (Å²) in [7, 11) is 0. The van der Waals surface area contributed by atoms with Crippen LogP contribution in [0.1, 0.15) is 35.2 Å². The fourth-order valence-corrected chi connectivity index (χ4v) is 3.26. The second-order valence-corrected chi connectivity index (χ2v) is 6.13. The summed E-state index contributed by atoms with van der Waals surface area (Å²) < 4.78 is 13.8. The molecule has 1 aromatic carbocycles. The lowest BCUT2D eigenvalue weighted by Gasteiger charge is -2.13. The van der Waals surface area contributed by atoms with Crippen molar-refractivity contribution in [2.45, 2.75) is 30.6 Å². The van der Waals surface area contributed by atoms with E-state index < -0.39 is 11.7 Å². The Bertz CT molecular complexity index is 579. The highest BCUT2D eigenvalue weighted by Crippen LogP contribution is 2.28. The molecule has 0 saturated heterocycles. The minimum atomic E-state index is -0.554. The number of benzene rings is 1. The molecule has 2 rings (SSSR count). The second kappa shape index (κ2) is 7.48. The van der Waals surface area contributed by atoms with Gasteiger partial charge in [-0.3, -0.25) is 4.79 Å². The molecular weight excluding hydrogens is 289 g/mol. The summed E-state index contributed by atoms with van der Waals surface area (Å²) in [6, 6.07) is 4.26. The normalized spacial score (nSPS) is 20.7. The highest BCUT2D eigenvalue weighted by atomic mass is 32.2. The lowest BCUT2D eigenvalue weighted by Crippen LogP contribution is -2.33. The van der Waals surface area contributed by atoms with Crippen molar-refractivity contribution >= 4 is 17.7 Å². The van der Waals surface area contributed by atoms with Crippen molar-refractivity contribution in [2.75, 3.05) is 12.9 Å². The largest absolute Gasteiger partial charge is 0.384 e. The number of rotatable bonds is 3. The Morgan fingerprint density at radius 3 is 3.00 bits per heavy atom.